The van der Waals surface area contributed by atoms with Gasteiger partial charge in [0, 0.05) is 19.6 Å². The van der Waals surface area contributed by atoms with Crippen LogP contribution in [0.25, 0.3) is 0 Å². The van der Waals surface area contributed by atoms with E-state index < -0.39 is 6.10 Å². The van der Waals surface area contributed by atoms with Gasteiger partial charge in [-0.05, 0) is 31.6 Å². The summed E-state index contributed by atoms with van der Waals surface area (Å²) in [5, 5.41) is 21.8. The molecular weight excluding hydrogens is 232 g/mol. The molecule has 1 heterocycles. The summed E-state index contributed by atoms with van der Waals surface area (Å²) in [6, 6.07) is -0.118. The molecule has 0 bridgehead atoms. The summed E-state index contributed by atoms with van der Waals surface area (Å²) < 4.78 is 0. The molecule has 1 saturated heterocycles. The molecule has 0 radical (unpaired) electrons. The average Bonchev–Trinajstić information content (AvgIpc) is 2.24. The van der Waals surface area contributed by atoms with Crippen LogP contribution in [0.2, 0.25) is 0 Å². The fourth-order valence-electron chi connectivity index (χ4n) is 2.44. The third kappa shape index (κ3) is 5.23. The molecular formula is C13H26N2O3. The Bertz CT molecular complexity index is 279. The number of carbonyl (C=O) groups excluding carboxylic acids is 1. The van der Waals surface area contributed by atoms with Gasteiger partial charge in [-0.15, -0.1) is 0 Å². The molecule has 18 heavy (non-hydrogen) atoms. The van der Waals surface area contributed by atoms with E-state index in [1.54, 1.807) is 11.8 Å². The number of aliphatic hydroxyl groups is 2. The van der Waals surface area contributed by atoms with E-state index in [4.69, 9.17) is 0 Å². The van der Waals surface area contributed by atoms with Crippen LogP contribution in [0.4, 0.5) is 4.79 Å². The number of carbonyl (C=O) groups is 1. The largest absolute Gasteiger partial charge is 0.393 e. The van der Waals surface area contributed by atoms with Crippen LogP contribution in [0, 0.1) is 5.41 Å². The Hall–Kier alpha value is -0.810. The molecule has 0 aromatic rings. The van der Waals surface area contributed by atoms with Crippen molar-refractivity contribution in [1.29, 1.82) is 0 Å². The molecule has 3 N–H and O–H groups in total. The number of nitrogens with zero attached hydrogens (tertiary/aromatic N) is 1. The van der Waals surface area contributed by atoms with Gasteiger partial charge in [0.1, 0.15) is 0 Å². The first-order chi connectivity index (χ1) is 8.30. The topological polar surface area (TPSA) is 72.8 Å². The number of likely N-dealkylation sites (tertiary alicyclic amines) is 1. The fourth-order valence-corrected chi connectivity index (χ4v) is 2.44. The van der Waals surface area contributed by atoms with Gasteiger partial charge in [0.05, 0.1) is 12.2 Å². The molecule has 0 aromatic heterocycles. The third-order valence-electron chi connectivity index (χ3n) is 3.25. The Labute approximate surface area is 109 Å². The Morgan fingerprint density at radius 3 is 2.78 bits per heavy atom. The summed E-state index contributed by atoms with van der Waals surface area (Å²) in [5.74, 6) is 0. The number of piperidine rings is 1. The van der Waals surface area contributed by atoms with Gasteiger partial charge in [0.2, 0.25) is 0 Å². The Morgan fingerprint density at radius 2 is 2.22 bits per heavy atom. The zero-order valence-electron chi connectivity index (χ0n) is 11.6. The maximum atomic E-state index is 11.9. The van der Waals surface area contributed by atoms with Crippen molar-refractivity contribution in [3.05, 3.63) is 0 Å². The second kappa shape index (κ2) is 6.38. The van der Waals surface area contributed by atoms with Gasteiger partial charge in [0.15, 0.2) is 0 Å². The standard InChI is InChI=1S/C13H26N2O3/c1-10(16)7-13(2,3)9-14-12(18)15-6-4-5-11(17)8-15/h10-11,16-17H,4-9H2,1-3H3,(H,14,18). The average molecular weight is 258 g/mol. The van der Waals surface area contributed by atoms with Crippen molar-refractivity contribution in [2.45, 2.75) is 52.2 Å². The molecule has 2 atom stereocenters. The van der Waals surface area contributed by atoms with Crippen LogP contribution in [0.1, 0.15) is 40.0 Å². The Morgan fingerprint density at radius 1 is 1.56 bits per heavy atom. The van der Waals surface area contributed by atoms with Gasteiger partial charge in [-0.3, -0.25) is 0 Å². The predicted octanol–water partition coefficient (Wildman–Crippen LogP) is 0.950. The zero-order valence-corrected chi connectivity index (χ0v) is 11.6. The molecule has 1 fully saturated rings. The van der Waals surface area contributed by atoms with Crippen molar-refractivity contribution in [2.24, 2.45) is 5.41 Å². The van der Waals surface area contributed by atoms with E-state index in [9.17, 15) is 15.0 Å². The van der Waals surface area contributed by atoms with Crippen LogP contribution in [-0.2, 0) is 0 Å². The van der Waals surface area contributed by atoms with Gasteiger partial charge >= 0.3 is 6.03 Å². The first-order valence-electron chi connectivity index (χ1n) is 6.69. The fraction of sp³-hybridized carbons (Fsp3) is 0.923. The number of hydrogen-bond acceptors (Lipinski definition) is 3. The minimum absolute atomic E-state index is 0.118. The number of urea groups is 1. The monoisotopic (exact) mass is 258 g/mol. The Balaban J connectivity index is 2.36. The van der Waals surface area contributed by atoms with E-state index in [0.29, 0.717) is 26.1 Å². The smallest absolute Gasteiger partial charge is 0.317 e. The molecule has 5 nitrogen and oxygen atoms in total. The van der Waals surface area contributed by atoms with Gasteiger partial charge in [-0.25, -0.2) is 4.79 Å². The normalized spacial score (nSPS) is 22.7. The molecule has 106 valence electrons. The van der Waals surface area contributed by atoms with E-state index in [1.807, 2.05) is 13.8 Å². The maximum Gasteiger partial charge on any atom is 0.317 e. The molecule has 1 aliphatic rings. The van der Waals surface area contributed by atoms with E-state index in [0.717, 1.165) is 12.8 Å². The predicted molar refractivity (Wildman–Crippen MR) is 70.3 cm³/mol. The maximum absolute atomic E-state index is 11.9. The molecule has 1 rings (SSSR count). The highest BCUT2D eigenvalue weighted by Crippen LogP contribution is 2.21. The molecule has 0 saturated carbocycles. The quantitative estimate of drug-likeness (QED) is 0.703. The highest BCUT2D eigenvalue weighted by atomic mass is 16.3. The lowest BCUT2D eigenvalue weighted by molar-refractivity contribution is 0.0819. The summed E-state index contributed by atoms with van der Waals surface area (Å²) in [6.07, 6.45) is 1.52. The lowest BCUT2D eigenvalue weighted by Crippen LogP contribution is -2.49. The molecule has 2 amide bonds. The number of nitrogens with one attached hydrogen (secondary N) is 1. The van der Waals surface area contributed by atoms with Crippen molar-refractivity contribution >= 4 is 6.03 Å². The van der Waals surface area contributed by atoms with E-state index in [2.05, 4.69) is 5.32 Å². The van der Waals surface area contributed by atoms with Crippen molar-refractivity contribution < 1.29 is 15.0 Å². The van der Waals surface area contributed by atoms with Crippen LogP contribution >= 0.6 is 0 Å². The molecule has 0 spiro atoms. The summed E-state index contributed by atoms with van der Waals surface area (Å²) in [4.78, 5) is 13.6. The van der Waals surface area contributed by atoms with Crippen molar-refractivity contribution in [2.75, 3.05) is 19.6 Å². The molecule has 2 unspecified atom stereocenters. The van der Waals surface area contributed by atoms with E-state index in [1.165, 1.54) is 0 Å². The SMILES string of the molecule is CC(O)CC(C)(C)CNC(=O)N1CCCC(O)C1. The molecule has 5 heteroatoms. The lowest BCUT2D eigenvalue weighted by Gasteiger charge is -2.32. The highest BCUT2D eigenvalue weighted by Gasteiger charge is 2.25. The third-order valence-corrected chi connectivity index (χ3v) is 3.25. The van der Waals surface area contributed by atoms with Gasteiger partial charge in [0.25, 0.3) is 0 Å². The minimum Gasteiger partial charge on any atom is -0.393 e. The van der Waals surface area contributed by atoms with Crippen molar-refractivity contribution in [1.82, 2.24) is 10.2 Å². The summed E-state index contributed by atoms with van der Waals surface area (Å²) in [6.45, 7) is 7.45. The summed E-state index contributed by atoms with van der Waals surface area (Å²) >= 11 is 0. The molecule has 1 aliphatic heterocycles. The van der Waals surface area contributed by atoms with Crippen LogP contribution in [-0.4, -0.2) is 53.0 Å². The number of amides is 2. The van der Waals surface area contributed by atoms with E-state index >= 15 is 0 Å². The van der Waals surface area contributed by atoms with Crippen LogP contribution in [0.3, 0.4) is 0 Å². The number of rotatable bonds is 4. The number of aliphatic hydroxyl groups excluding tert-OH is 2. The lowest BCUT2D eigenvalue weighted by atomic mass is 9.87. The summed E-state index contributed by atoms with van der Waals surface area (Å²) in [5.41, 5.74) is -0.127. The second-order valence-electron chi connectivity index (χ2n) is 6.12. The van der Waals surface area contributed by atoms with Crippen LogP contribution in [0.15, 0.2) is 0 Å². The number of hydrogen-bond donors (Lipinski definition) is 3. The minimum atomic E-state index is -0.394. The van der Waals surface area contributed by atoms with Crippen LogP contribution in [0.5, 0.6) is 0 Å². The first-order valence-corrected chi connectivity index (χ1v) is 6.69. The molecule has 0 aliphatic carbocycles. The van der Waals surface area contributed by atoms with E-state index in [-0.39, 0.29) is 17.6 Å². The number of β-amino-alcohol motifs (C(OH)–C–C–N with tert-alkyl or cyclic N) is 1. The highest BCUT2D eigenvalue weighted by molar-refractivity contribution is 5.74. The Kier molecular flexibility index (Phi) is 5.41. The second-order valence-corrected chi connectivity index (χ2v) is 6.12. The first kappa shape index (κ1) is 15.2. The molecule has 0 aromatic carbocycles. The van der Waals surface area contributed by atoms with Crippen LogP contribution < -0.4 is 5.32 Å². The van der Waals surface area contributed by atoms with Crippen molar-refractivity contribution in [3.63, 3.8) is 0 Å². The van der Waals surface area contributed by atoms with Gasteiger partial charge in [-0.2, -0.15) is 0 Å². The van der Waals surface area contributed by atoms with Gasteiger partial charge < -0.3 is 20.4 Å². The zero-order chi connectivity index (χ0) is 13.8. The van der Waals surface area contributed by atoms with Gasteiger partial charge in [-0.1, -0.05) is 13.8 Å². The summed E-state index contributed by atoms with van der Waals surface area (Å²) in [7, 11) is 0. The van der Waals surface area contributed by atoms with Crippen molar-refractivity contribution in [3.8, 4) is 0 Å².